The topological polar surface area (TPSA) is 75.3 Å². The lowest BCUT2D eigenvalue weighted by atomic mass is 10.1. The molecular formula is C14H13BrN2O2. The van der Waals surface area contributed by atoms with E-state index >= 15 is 0 Å². The summed E-state index contributed by atoms with van der Waals surface area (Å²) in [6.07, 6.45) is 0. The van der Waals surface area contributed by atoms with Gasteiger partial charge in [-0.2, -0.15) is 0 Å². The van der Waals surface area contributed by atoms with Gasteiger partial charge in [-0.3, -0.25) is 4.79 Å². The summed E-state index contributed by atoms with van der Waals surface area (Å²) in [4.78, 5) is 12.1. The van der Waals surface area contributed by atoms with Crippen molar-refractivity contribution in [3.05, 3.63) is 52.0 Å². The molecule has 0 aliphatic carbocycles. The third kappa shape index (κ3) is 3.06. The molecule has 0 bridgehead atoms. The Morgan fingerprint density at radius 1 is 1.26 bits per heavy atom. The number of hydrogen-bond donors (Lipinski definition) is 3. The average Bonchev–Trinajstić information content (AvgIpc) is 2.33. The molecule has 0 heterocycles. The standard InChI is InChI=1S/C14H13BrN2O2/c1-8-6-10(18)3-4-11(8)14(19)17-9-2-5-12(15)13(16)7-9/h2-7,18H,16H2,1H3,(H,17,19). The van der Waals surface area contributed by atoms with Crippen LogP contribution in [0.5, 0.6) is 5.75 Å². The SMILES string of the molecule is Cc1cc(O)ccc1C(=O)Nc1ccc(Br)c(N)c1. The number of carbonyl (C=O) groups is 1. The van der Waals surface area contributed by atoms with Crippen molar-refractivity contribution in [2.75, 3.05) is 11.1 Å². The van der Waals surface area contributed by atoms with Crippen molar-refractivity contribution in [3.63, 3.8) is 0 Å². The van der Waals surface area contributed by atoms with Crippen molar-refractivity contribution in [1.29, 1.82) is 0 Å². The van der Waals surface area contributed by atoms with Gasteiger partial charge in [0, 0.05) is 21.4 Å². The van der Waals surface area contributed by atoms with E-state index in [-0.39, 0.29) is 11.7 Å². The number of nitrogen functional groups attached to an aromatic ring is 1. The molecule has 98 valence electrons. The van der Waals surface area contributed by atoms with Crippen molar-refractivity contribution in [1.82, 2.24) is 0 Å². The van der Waals surface area contributed by atoms with Gasteiger partial charge in [-0.25, -0.2) is 0 Å². The van der Waals surface area contributed by atoms with Gasteiger partial charge in [0.05, 0.1) is 0 Å². The number of phenols is 1. The normalized spacial score (nSPS) is 10.2. The van der Waals surface area contributed by atoms with E-state index in [4.69, 9.17) is 5.73 Å². The van der Waals surface area contributed by atoms with Gasteiger partial charge in [0.1, 0.15) is 5.75 Å². The molecule has 0 aliphatic rings. The fourth-order valence-corrected chi connectivity index (χ4v) is 1.97. The minimum Gasteiger partial charge on any atom is -0.508 e. The van der Waals surface area contributed by atoms with Crippen LogP contribution in [0.2, 0.25) is 0 Å². The summed E-state index contributed by atoms with van der Waals surface area (Å²) in [5, 5.41) is 12.1. The molecular weight excluding hydrogens is 308 g/mol. The van der Waals surface area contributed by atoms with Crippen LogP contribution < -0.4 is 11.1 Å². The van der Waals surface area contributed by atoms with Crippen LogP contribution in [0, 0.1) is 6.92 Å². The Labute approximate surface area is 119 Å². The summed E-state index contributed by atoms with van der Waals surface area (Å²) < 4.78 is 0.784. The zero-order valence-electron chi connectivity index (χ0n) is 10.3. The van der Waals surface area contributed by atoms with Crippen LogP contribution in [0.1, 0.15) is 15.9 Å². The smallest absolute Gasteiger partial charge is 0.255 e. The van der Waals surface area contributed by atoms with Gasteiger partial charge >= 0.3 is 0 Å². The number of nitrogens with one attached hydrogen (secondary N) is 1. The van der Waals surface area contributed by atoms with Gasteiger partial charge in [-0.15, -0.1) is 0 Å². The maximum Gasteiger partial charge on any atom is 0.255 e. The predicted octanol–water partition coefficient (Wildman–Crippen LogP) is 3.30. The Morgan fingerprint density at radius 3 is 2.63 bits per heavy atom. The highest BCUT2D eigenvalue weighted by molar-refractivity contribution is 9.10. The quantitative estimate of drug-likeness (QED) is 0.743. The van der Waals surface area contributed by atoms with Crippen molar-refractivity contribution >= 4 is 33.2 Å². The first-order chi connectivity index (χ1) is 8.97. The van der Waals surface area contributed by atoms with E-state index < -0.39 is 0 Å². The fraction of sp³-hybridized carbons (Fsp3) is 0.0714. The first kappa shape index (κ1) is 13.4. The van der Waals surface area contributed by atoms with E-state index in [1.807, 2.05) is 0 Å². The summed E-state index contributed by atoms with van der Waals surface area (Å²) in [6.45, 7) is 1.77. The van der Waals surface area contributed by atoms with Gasteiger partial charge in [0.15, 0.2) is 0 Å². The molecule has 2 rings (SSSR count). The molecule has 1 amide bonds. The molecule has 4 nitrogen and oxygen atoms in total. The Kier molecular flexibility index (Phi) is 3.76. The molecule has 19 heavy (non-hydrogen) atoms. The Balaban J connectivity index is 2.23. The van der Waals surface area contributed by atoms with Crippen LogP contribution >= 0.6 is 15.9 Å². The predicted molar refractivity (Wildman–Crippen MR) is 79.4 cm³/mol. The van der Waals surface area contributed by atoms with Crippen molar-refractivity contribution < 1.29 is 9.90 Å². The Bertz CT molecular complexity index is 641. The molecule has 0 radical (unpaired) electrons. The third-order valence-electron chi connectivity index (χ3n) is 2.71. The molecule has 0 spiro atoms. The number of phenolic OH excluding ortho intramolecular Hbond substituents is 1. The third-order valence-corrected chi connectivity index (χ3v) is 3.43. The van der Waals surface area contributed by atoms with E-state index in [1.54, 1.807) is 37.3 Å². The molecule has 2 aromatic rings. The molecule has 0 saturated carbocycles. The maximum atomic E-state index is 12.1. The zero-order valence-corrected chi connectivity index (χ0v) is 11.9. The average molecular weight is 321 g/mol. The lowest BCUT2D eigenvalue weighted by Crippen LogP contribution is -2.13. The minimum absolute atomic E-state index is 0.141. The highest BCUT2D eigenvalue weighted by atomic mass is 79.9. The molecule has 5 heteroatoms. The largest absolute Gasteiger partial charge is 0.508 e. The summed E-state index contributed by atoms with van der Waals surface area (Å²) in [5.41, 5.74) is 8.16. The van der Waals surface area contributed by atoms with E-state index in [2.05, 4.69) is 21.2 Å². The highest BCUT2D eigenvalue weighted by Crippen LogP contribution is 2.24. The van der Waals surface area contributed by atoms with Gasteiger partial charge in [0.2, 0.25) is 0 Å². The molecule has 0 saturated heterocycles. The number of amides is 1. The van der Waals surface area contributed by atoms with E-state index in [1.165, 1.54) is 6.07 Å². The highest BCUT2D eigenvalue weighted by Gasteiger charge is 2.10. The van der Waals surface area contributed by atoms with Crippen LogP contribution in [0.3, 0.4) is 0 Å². The molecule has 2 aromatic carbocycles. The zero-order chi connectivity index (χ0) is 14.0. The number of aryl methyl sites for hydroxylation is 1. The number of halogens is 1. The Morgan fingerprint density at radius 2 is 2.00 bits per heavy atom. The first-order valence-corrected chi connectivity index (χ1v) is 6.42. The number of anilines is 2. The Hall–Kier alpha value is -2.01. The van der Waals surface area contributed by atoms with E-state index in [0.29, 0.717) is 22.5 Å². The first-order valence-electron chi connectivity index (χ1n) is 5.63. The molecule has 0 fully saturated rings. The fourth-order valence-electron chi connectivity index (χ4n) is 1.72. The number of benzene rings is 2. The summed E-state index contributed by atoms with van der Waals surface area (Å²) >= 11 is 3.29. The molecule has 4 N–H and O–H groups in total. The number of nitrogens with two attached hydrogens (primary N) is 1. The summed E-state index contributed by atoms with van der Waals surface area (Å²) in [6, 6.07) is 9.82. The van der Waals surface area contributed by atoms with Crippen LogP contribution in [0.15, 0.2) is 40.9 Å². The van der Waals surface area contributed by atoms with E-state index in [0.717, 1.165) is 4.47 Å². The number of hydrogen-bond acceptors (Lipinski definition) is 3. The lowest BCUT2D eigenvalue weighted by molar-refractivity contribution is 0.102. The van der Waals surface area contributed by atoms with Gasteiger partial charge in [-0.05, 0) is 64.8 Å². The minimum atomic E-state index is -0.237. The summed E-state index contributed by atoms with van der Waals surface area (Å²) in [5.74, 6) is -0.0961. The van der Waals surface area contributed by atoms with Crippen LogP contribution in [-0.4, -0.2) is 11.0 Å². The molecule has 0 atom stereocenters. The van der Waals surface area contributed by atoms with Gasteiger partial charge < -0.3 is 16.2 Å². The lowest BCUT2D eigenvalue weighted by Gasteiger charge is -2.09. The second-order valence-electron chi connectivity index (χ2n) is 4.19. The van der Waals surface area contributed by atoms with Crippen molar-refractivity contribution in [3.8, 4) is 5.75 Å². The molecule has 0 aliphatic heterocycles. The monoisotopic (exact) mass is 320 g/mol. The summed E-state index contributed by atoms with van der Waals surface area (Å²) in [7, 11) is 0. The van der Waals surface area contributed by atoms with Crippen molar-refractivity contribution in [2.45, 2.75) is 6.92 Å². The van der Waals surface area contributed by atoms with Gasteiger partial charge in [-0.1, -0.05) is 0 Å². The number of aromatic hydroxyl groups is 1. The maximum absolute atomic E-state index is 12.1. The van der Waals surface area contributed by atoms with Crippen molar-refractivity contribution in [2.24, 2.45) is 0 Å². The molecule has 0 unspecified atom stereocenters. The number of carbonyl (C=O) groups excluding carboxylic acids is 1. The van der Waals surface area contributed by atoms with E-state index in [9.17, 15) is 9.90 Å². The van der Waals surface area contributed by atoms with Crippen LogP contribution in [0.4, 0.5) is 11.4 Å². The van der Waals surface area contributed by atoms with Gasteiger partial charge in [0.25, 0.3) is 5.91 Å². The number of rotatable bonds is 2. The van der Waals surface area contributed by atoms with Crippen LogP contribution in [-0.2, 0) is 0 Å². The molecule has 0 aromatic heterocycles. The van der Waals surface area contributed by atoms with Crippen LogP contribution in [0.25, 0.3) is 0 Å². The second-order valence-corrected chi connectivity index (χ2v) is 5.04. The second kappa shape index (κ2) is 5.32.